The summed E-state index contributed by atoms with van der Waals surface area (Å²) in [5.41, 5.74) is 3.02. The lowest BCUT2D eigenvalue weighted by atomic mass is 10.1. The van der Waals surface area contributed by atoms with Gasteiger partial charge >= 0.3 is 6.61 Å². The van der Waals surface area contributed by atoms with Gasteiger partial charge in [0.05, 0.1) is 23.1 Å². The van der Waals surface area contributed by atoms with E-state index < -0.39 is 12.5 Å². The van der Waals surface area contributed by atoms with Crippen LogP contribution in [0.4, 0.5) is 14.5 Å². The first kappa shape index (κ1) is 18.1. The van der Waals surface area contributed by atoms with E-state index in [2.05, 4.69) is 25.2 Å². The van der Waals surface area contributed by atoms with Gasteiger partial charge in [-0.2, -0.15) is 13.9 Å². The molecule has 28 heavy (non-hydrogen) atoms. The Morgan fingerprint density at radius 3 is 2.96 bits per heavy atom. The number of pyridine rings is 1. The minimum absolute atomic E-state index is 0.0932. The van der Waals surface area contributed by atoms with E-state index in [9.17, 15) is 13.6 Å². The summed E-state index contributed by atoms with van der Waals surface area (Å²) in [4.78, 5) is 16.9. The van der Waals surface area contributed by atoms with Crippen molar-refractivity contribution in [1.29, 1.82) is 0 Å². The van der Waals surface area contributed by atoms with E-state index >= 15 is 0 Å². The quantitative estimate of drug-likeness (QED) is 0.656. The second-order valence-electron chi connectivity index (χ2n) is 6.00. The molecular formula is C19H13ClF2N4O2. The molecule has 1 aromatic carbocycles. The van der Waals surface area contributed by atoms with Crippen LogP contribution in [0.15, 0.2) is 42.9 Å². The van der Waals surface area contributed by atoms with E-state index in [0.717, 1.165) is 17.5 Å². The Kier molecular flexibility index (Phi) is 4.79. The van der Waals surface area contributed by atoms with E-state index in [1.165, 1.54) is 30.6 Å². The molecule has 142 valence electrons. The van der Waals surface area contributed by atoms with Crippen molar-refractivity contribution in [3.8, 4) is 17.0 Å². The van der Waals surface area contributed by atoms with Crippen LogP contribution in [0.3, 0.4) is 0 Å². The summed E-state index contributed by atoms with van der Waals surface area (Å²) >= 11 is 6.01. The van der Waals surface area contributed by atoms with E-state index in [1.807, 2.05) is 12.2 Å². The molecule has 0 fully saturated rings. The minimum atomic E-state index is -3.01. The number of aromatic amines is 1. The van der Waals surface area contributed by atoms with Crippen LogP contribution in [0, 0.1) is 0 Å². The van der Waals surface area contributed by atoms with Gasteiger partial charge in [0.1, 0.15) is 5.75 Å². The van der Waals surface area contributed by atoms with Gasteiger partial charge in [0, 0.05) is 23.0 Å². The topological polar surface area (TPSA) is 79.9 Å². The fourth-order valence-corrected chi connectivity index (χ4v) is 3.20. The van der Waals surface area contributed by atoms with Gasteiger partial charge in [-0.25, -0.2) is 0 Å². The maximum absolute atomic E-state index is 12.8. The normalized spacial score (nSPS) is 12.3. The van der Waals surface area contributed by atoms with Gasteiger partial charge in [-0.1, -0.05) is 23.8 Å². The van der Waals surface area contributed by atoms with Crippen molar-refractivity contribution in [1.82, 2.24) is 15.2 Å². The van der Waals surface area contributed by atoms with Crippen molar-refractivity contribution in [2.45, 2.75) is 13.0 Å². The lowest BCUT2D eigenvalue weighted by Gasteiger charge is -2.12. The number of alkyl halides is 2. The third-order valence-electron chi connectivity index (χ3n) is 4.25. The standard InChI is InChI=1S/C19H13ClF2N4O2/c20-11-4-5-16(28-19(21)22)13(6-11)17-15(9-24-26-17)25-18(27)14-8-23-7-10-2-1-3-12(10)14/h1,3-9,19H,2H2,(H,24,26)(H,25,27). The van der Waals surface area contributed by atoms with Crippen LogP contribution in [-0.2, 0) is 6.42 Å². The highest BCUT2D eigenvalue weighted by Crippen LogP contribution is 2.36. The number of nitrogens with one attached hydrogen (secondary N) is 2. The smallest absolute Gasteiger partial charge is 0.387 e. The highest BCUT2D eigenvalue weighted by Gasteiger charge is 2.20. The lowest BCUT2D eigenvalue weighted by Crippen LogP contribution is -2.14. The van der Waals surface area contributed by atoms with Gasteiger partial charge in [-0.05, 0) is 35.7 Å². The third kappa shape index (κ3) is 3.46. The lowest BCUT2D eigenvalue weighted by molar-refractivity contribution is -0.0494. The first-order chi connectivity index (χ1) is 13.5. The Morgan fingerprint density at radius 1 is 1.29 bits per heavy atom. The van der Waals surface area contributed by atoms with Crippen molar-refractivity contribution in [2.75, 3.05) is 5.32 Å². The molecule has 0 unspecified atom stereocenters. The number of benzene rings is 1. The predicted octanol–water partition coefficient (Wildman–Crippen LogP) is 4.55. The van der Waals surface area contributed by atoms with Crippen molar-refractivity contribution >= 4 is 29.3 Å². The van der Waals surface area contributed by atoms with Gasteiger partial charge in [0.25, 0.3) is 5.91 Å². The summed E-state index contributed by atoms with van der Waals surface area (Å²) in [7, 11) is 0. The number of hydrogen-bond acceptors (Lipinski definition) is 4. The molecule has 2 heterocycles. The Labute approximate surface area is 163 Å². The van der Waals surface area contributed by atoms with Crippen molar-refractivity contribution < 1.29 is 18.3 Å². The number of aromatic nitrogens is 3. The van der Waals surface area contributed by atoms with Crippen LogP contribution in [0.2, 0.25) is 5.02 Å². The molecule has 6 nitrogen and oxygen atoms in total. The van der Waals surface area contributed by atoms with E-state index in [0.29, 0.717) is 22.0 Å². The summed E-state index contributed by atoms with van der Waals surface area (Å²) < 4.78 is 30.0. The minimum Gasteiger partial charge on any atom is -0.434 e. The van der Waals surface area contributed by atoms with E-state index in [-0.39, 0.29) is 11.3 Å². The fraction of sp³-hybridized carbons (Fsp3) is 0.105. The number of H-pyrrole nitrogens is 1. The maximum atomic E-state index is 12.8. The Bertz CT molecular complexity index is 1080. The zero-order valence-corrected chi connectivity index (χ0v) is 15.0. The average molecular weight is 403 g/mol. The fourth-order valence-electron chi connectivity index (χ4n) is 3.03. The number of carbonyl (C=O) groups is 1. The van der Waals surface area contributed by atoms with Crippen molar-refractivity contribution in [2.24, 2.45) is 0 Å². The first-order valence-corrected chi connectivity index (χ1v) is 8.63. The second-order valence-corrected chi connectivity index (χ2v) is 6.43. The number of anilines is 1. The summed E-state index contributed by atoms with van der Waals surface area (Å²) in [6.45, 7) is -3.01. The van der Waals surface area contributed by atoms with Gasteiger partial charge in [0.15, 0.2) is 0 Å². The first-order valence-electron chi connectivity index (χ1n) is 8.26. The summed E-state index contributed by atoms with van der Waals surface area (Å²) in [5, 5.41) is 9.67. The van der Waals surface area contributed by atoms with Gasteiger partial charge in [0.2, 0.25) is 0 Å². The summed E-state index contributed by atoms with van der Waals surface area (Å²) in [6, 6.07) is 4.21. The van der Waals surface area contributed by atoms with E-state index in [4.69, 9.17) is 11.6 Å². The molecule has 1 aliphatic rings. The third-order valence-corrected chi connectivity index (χ3v) is 4.49. The second kappa shape index (κ2) is 7.40. The van der Waals surface area contributed by atoms with Crippen LogP contribution >= 0.6 is 11.6 Å². The molecule has 0 radical (unpaired) electrons. The SMILES string of the molecule is O=C(Nc1cn[nH]c1-c1cc(Cl)ccc1OC(F)F)c1cncc2c1C=CC2. The van der Waals surface area contributed by atoms with Crippen LogP contribution < -0.4 is 10.1 Å². The van der Waals surface area contributed by atoms with Gasteiger partial charge < -0.3 is 10.1 Å². The molecule has 0 atom stereocenters. The van der Waals surface area contributed by atoms with Gasteiger partial charge in [-0.3, -0.25) is 14.9 Å². The highest BCUT2D eigenvalue weighted by atomic mass is 35.5. The number of carbonyl (C=O) groups excluding carboxylic acids is 1. The molecule has 9 heteroatoms. The molecule has 3 aromatic rings. The molecule has 1 amide bonds. The highest BCUT2D eigenvalue weighted by molar-refractivity contribution is 6.31. The number of halogens is 3. The molecular weight excluding hydrogens is 390 g/mol. The number of nitrogens with zero attached hydrogens (tertiary/aromatic N) is 2. The van der Waals surface area contributed by atoms with Crippen LogP contribution in [0.5, 0.6) is 5.75 Å². The van der Waals surface area contributed by atoms with Crippen LogP contribution in [-0.4, -0.2) is 27.7 Å². The Hall–Kier alpha value is -3.26. The molecule has 0 bridgehead atoms. The summed E-state index contributed by atoms with van der Waals surface area (Å²) in [6.07, 6.45) is 9.12. The van der Waals surface area contributed by atoms with Gasteiger partial charge in [-0.15, -0.1) is 0 Å². The molecule has 1 aliphatic carbocycles. The molecule has 2 N–H and O–H groups in total. The van der Waals surface area contributed by atoms with Crippen LogP contribution in [0.25, 0.3) is 17.3 Å². The number of hydrogen-bond donors (Lipinski definition) is 2. The Morgan fingerprint density at radius 2 is 2.14 bits per heavy atom. The molecule has 2 aromatic heterocycles. The zero-order valence-electron chi connectivity index (χ0n) is 14.2. The number of ether oxygens (including phenoxy) is 1. The molecule has 0 saturated carbocycles. The zero-order chi connectivity index (χ0) is 19.7. The largest absolute Gasteiger partial charge is 0.434 e. The molecule has 4 rings (SSSR count). The number of allylic oxidation sites excluding steroid dienone is 1. The summed E-state index contributed by atoms with van der Waals surface area (Å²) in [5.74, 6) is -0.485. The number of fused-ring (bicyclic) bond motifs is 1. The molecule has 0 saturated heterocycles. The number of amides is 1. The molecule has 0 spiro atoms. The molecule has 0 aliphatic heterocycles. The van der Waals surface area contributed by atoms with Crippen LogP contribution in [0.1, 0.15) is 21.5 Å². The van der Waals surface area contributed by atoms with E-state index in [1.54, 1.807) is 6.20 Å². The van der Waals surface area contributed by atoms with Crippen molar-refractivity contribution in [3.63, 3.8) is 0 Å². The Balaban J connectivity index is 1.68. The number of rotatable bonds is 5. The maximum Gasteiger partial charge on any atom is 0.387 e. The monoisotopic (exact) mass is 402 g/mol. The predicted molar refractivity (Wildman–Crippen MR) is 101 cm³/mol. The average Bonchev–Trinajstić information content (AvgIpc) is 3.31. The van der Waals surface area contributed by atoms with Crippen molar-refractivity contribution in [3.05, 3.63) is 64.6 Å².